The molecule has 3 heteroatoms. The van der Waals surface area contributed by atoms with E-state index in [0.717, 1.165) is 44.7 Å². The minimum atomic E-state index is 0.871. The molecule has 2 heterocycles. The molecule has 8 aromatic carbocycles. The highest BCUT2D eigenvalue weighted by molar-refractivity contribution is 6.17. The predicted octanol–water partition coefficient (Wildman–Crippen LogP) is 13.0. The van der Waals surface area contributed by atoms with Crippen LogP contribution >= 0.6 is 0 Å². The molecule has 10 rings (SSSR count). The van der Waals surface area contributed by atoms with Crippen LogP contribution in [0.3, 0.4) is 0 Å². The Morgan fingerprint density at radius 1 is 0.408 bits per heavy atom. The Morgan fingerprint density at radius 2 is 1.06 bits per heavy atom. The Bertz CT molecular complexity index is 2810. The summed E-state index contributed by atoms with van der Waals surface area (Å²) in [6, 6.07) is 65.0. The number of anilines is 3. The summed E-state index contributed by atoms with van der Waals surface area (Å²) in [6.07, 6.45) is 0. The van der Waals surface area contributed by atoms with Crippen LogP contribution in [0.4, 0.5) is 17.1 Å². The van der Waals surface area contributed by atoms with Gasteiger partial charge in [-0.3, -0.25) is 0 Å². The van der Waals surface area contributed by atoms with E-state index < -0.39 is 0 Å². The molecule has 0 fully saturated rings. The second kappa shape index (κ2) is 11.0. The molecule has 0 unspecified atom stereocenters. The van der Waals surface area contributed by atoms with Crippen molar-refractivity contribution in [1.29, 1.82) is 0 Å². The first-order chi connectivity index (χ1) is 24.3. The van der Waals surface area contributed by atoms with Gasteiger partial charge in [0.1, 0.15) is 11.2 Å². The van der Waals surface area contributed by atoms with Gasteiger partial charge in [0.05, 0.1) is 22.1 Å². The number of nitrogens with zero attached hydrogens (tertiary/aromatic N) is 2. The predicted molar refractivity (Wildman–Crippen MR) is 206 cm³/mol. The topological polar surface area (TPSA) is 21.3 Å². The lowest BCUT2D eigenvalue weighted by Crippen LogP contribution is -2.10. The van der Waals surface area contributed by atoms with Crippen molar-refractivity contribution >= 4 is 71.6 Å². The molecule has 0 atom stereocenters. The lowest BCUT2D eigenvalue weighted by molar-refractivity contribution is 0.669. The molecule has 230 valence electrons. The summed E-state index contributed by atoms with van der Waals surface area (Å²) in [7, 11) is 0. The molecule has 0 aliphatic carbocycles. The van der Waals surface area contributed by atoms with Gasteiger partial charge in [-0.2, -0.15) is 0 Å². The molecule has 49 heavy (non-hydrogen) atoms. The smallest absolute Gasteiger partial charge is 0.137 e. The van der Waals surface area contributed by atoms with Gasteiger partial charge in [-0.15, -0.1) is 0 Å². The van der Waals surface area contributed by atoms with Crippen molar-refractivity contribution in [3.63, 3.8) is 0 Å². The number of benzene rings is 8. The maximum absolute atomic E-state index is 6.55. The average molecular weight is 627 g/mol. The highest BCUT2D eigenvalue weighted by atomic mass is 16.3. The fourth-order valence-corrected chi connectivity index (χ4v) is 7.50. The van der Waals surface area contributed by atoms with Gasteiger partial charge in [-0.05, 0) is 94.7 Å². The Balaban J connectivity index is 1.24. The Kier molecular flexibility index (Phi) is 6.18. The molecule has 0 saturated carbocycles. The molecule has 0 radical (unpaired) electrons. The van der Waals surface area contributed by atoms with E-state index in [0.29, 0.717) is 0 Å². The van der Waals surface area contributed by atoms with Crippen LogP contribution < -0.4 is 4.90 Å². The van der Waals surface area contributed by atoms with Crippen molar-refractivity contribution in [1.82, 2.24) is 4.57 Å². The summed E-state index contributed by atoms with van der Waals surface area (Å²) >= 11 is 0. The van der Waals surface area contributed by atoms with E-state index in [1.54, 1.807) is 0 Å². The van der Waals surface area contributed by atoms with E-state index >= 15 is 0 Å². The zero-order valence-electron chi connectivity index (χ0n) is 26.6. The molecule has 0 aliphatic heterocycles. The van der Waals surface area contributed by atoms with Gasteiger partial charge in [0.25, 0.3) is 0 Å². The summed E-state index contributed by atoms with van der Waals surface area (Å²) in [4.78, 5) is 2.38. The second-order valence-electron chi connectivity index (χ2n) is 12.6. The normalized spacial score (nSPS) is 11.7. The van der Waals surface area contributed by atoms with Crippen LogP contribution in [0, 0.1) is 0 Å². The lowest BCUT2D eigenvalue weighted by Gasteiger charge is -2.26. The number of hydrogen-bond donors (Lipinski definition) is 0. The molecule has 10 aromatic rings. The third-order valence-corrected chi connectivity index (χ3v) is 9.74. The van der Waals surface area contributed by atoms with Gasteiger partial charge in [-0.25, -0.2) is 0 Å². The Hall–Kier alpha value is -6.58. The van der Waals surface area contributed by atoms with Gasteiger partial charge >= 0.3 is 0 Å². The van der Waals surface area contributed by atoms with Crippen LogP contribution in [0.15, 0.2) is 186 Å². The third kappa shape index (κ3) is 4.44. The van der Waals surface area contributed by atoms with Gasteiger partial charge in [-0.1, -0.05) is 109 Å². The Morgan fingerprint density at radius 3 is 1.88 bits per heavy atom. The number of aromatic nitrogens is 1. The summed E-state index contributed by atoms with van der Waals surface area (Å²) in [5.74, 6) is 0. The number of fused-ring (bicyclic) bond motifs is 7. The van der Waals surface area contributed by atoms with Crippen LogP contribution in [0.2, 0.25) is 0 Å². The fraction of sp³-hybridized carbons (Fsp3) is 0. The molecule has 0 spiro atoms. The molecule has 0 N–H and O–H groups in total. The van der Waals surface area contributed by atoms with Crippen LogP contribution in [0.5, 0.6) is 0 Å². The highest BCUT2D eigenvalue weighted by Crippen LogP contribution is 2.45. The molecule has 0 amide bonds. The summed E-state index contributed by atoms with van der Waals surface area (Å²) in [5.41, 5.74) is 10.9. The van der Waals surface area contributed by atoms with Crippen molar-refractivity contribution in [3.8, 4) is 16.8 Å². The van der Waals surface area contributed by atoms with E-state index in [1.807, 2.05) is 0 Å². The van der Waals surface area contributed by atoms with Gasteiger partial charge in [0.15, 0.2) is 0 Å². The quantitative estimate of drug-likeness (QED) is 0.190. The molecular formula is C46H30N2O. The van der Waals surface area contributed by atoms with Crippen molar-refractivity contribution in [2.24, 2.45) is 0 Å². The minimum absolute atomic E-state index is 0.871. The van der Waals surface area contributed by atoms with Gasteiger partial charge in [0.2, 0.25) is 0 Å². The van der Waals surface area contributed by atoms with Gasteiger partial charge in [0, 0.05) is 33.2 Å². The second-order valence-corrected chi connectivity index (χ2v) is 12.6. The van der Waals surface area contributed by atoms with E-state index in [2.05, 4.69) is 191 Å². The Labute approximate surface area is 283 Å². The van der Waals surface area contributed by atoms with E-state index in [9.17, 15) is 0 Å². The number of rotatable bonds is 5. The zero-order valence-corrected chi connectivity index (χ0v) is 26.6. The van der Waals surface area contributed by atoms with Crippen LogP contribution in [0.1, 0.15) is 0 Å². The molecule has 0 bridgehead atoms. The van der Waals surface area contributed by atoms with Crippen LogP contribution in [-0.2, 0) is 0 Å². The zero-order chi connectivity index (χ0) is 32.3. The van der Waals surface area contributed by atoms with Crippen molar-refractivity contribution < 1.29 is 4.42 Å². The van der Waals surface area contributed by atoms with E-state index in [1.165, 1.54) is 43.7 Å². The first kappa shape index (κ1) is 27.5. The summed E-state index contributed by atoms with van der Waals surface area (Å²) in [5, 5.41) is 7.00. The first-order valence-electron chi connectivity index (χ1n) is 16.7. The van der Waals surface area contributed by atoms with E-state index in [-0.39, 0.29) is 0 Å². The number of furan rings is 1. The minimum Gasteiger partial charge on any atom is -0.456 e. The number of hydrogen-bond acceptors (Lipinski definition) is 2. The van der Waals surface area contributed by atoms with Crippen molar-refractivity contribution in [2.45, 2.75) is 0 Å². The number of para-hydroxylation sites is 2. The molecule has 0 saturated heterocycles. The maximum atomic E-state index is 6.55. The lowest BCUT2D eigenvalue weighted by atomic mass is 10.0. The van der Waals surface area contributed by atoms with Crippen LogP contribution in [0.25, 0.3) is 71.3 Å². The van der Waals surface area contributed by atoms with Crippen LogP contribution in [-0.4, -0.2) is 4.57 Å². The summed E-state index contributed by atoms with van der Waals surface area (Å²) in [6.45, 7) is 0. The molecular weight excluding hydrogens is 597 g/mol. The molecule has 2 aromatic heterocycles. The van der Waals surface area contributed by atoms with Crippen molar-refractivity contribution in [3.05, 3.63) is 182 Å². The SMILES string of the molecule is c1ccc(-c2ccc(N(c3ccc4c(c3)c3ccccc3n4-c3ccccc3)c3cccc4oc5cc6ccccc6cc5c34)cc2)cc1. The summed E-state index contributed by atoms with van der Waals surface area (Å²) < 4.78 is 8.91. The molecule has 0 aliphatic rings. The standard InChI is InChI=1S/C46H30N2O/c1-3-12-31(13-4-1)32-22-24-36(25-23-32)47(43-20-11-21-44-46(43)40-28-33-14-7-8-15-34(33)29-45(40)49-44)37-26-27-42-39(30-37)38-18-9-10-19-41(38)48(42)35-16-5-2-6-17-35/h1-30H. The monoisotopic (exact) mass is 626 g/mol. The molecule has 3 nitrogen and oxygen atoms in total. The maximum Gasteiger partial charge on any atom is 0.137 e. The fourth-order valence-electron chi connectivity index (χ4n) is 7.50. The van der Waals surface area contributed by atoms with E-state index in [4.69, 9.17) is 4.42 Å². The van der Waals surface area contributed by atoms with Crippen molar-refractivity contribution in [2.75, 3.05) is 4.90 Å². The average Bonchev–Trinajstić information content (AvgIpc) is 3.70. The first-order valence-corrected chi connectivity index (χ1v) is 16.7. The third-order valence-electron chi connectivity index (χ3n) is 9.74. The largest absolute Gasteiger partial charge is 0.456 e. The van der Waals surface area contributed by atoms with Gasteiger partial charge < -0.3 is 13.9 Å². The highest BCUT2D eigenvalue weighted by Gasteiger charge is 2.21.